The lowest BCUT2D eigenvalue weighted by molar-refractivity contribution is -0.139. The van der Waals surface area contributed by atoms with Gasteiger partial charge in [0.2, 0.25) is 0 Å². The van der Waals surface area contributed by atoms with Crippen molar-refractivity contribution in [2.45, 2.75) is 5.60 Å². The van der Waals surface area contributed by atoms with Crippen molar-refractivity contribution in [3.8, 4) is 5.75 Å². The number of hydrazone groups is 1. The molecule has 0 unspecified atom stereocenters. The summed E-state index contributed by atoms with van der Waals surface area (Å²) in [6, 6.07) is 22.3. The summed E-state index contributed by atoms with van der Waals surface area (Å²) in [6.45, 7) is -0.433. The van der Waals surface area contributed by atoms with E-state index in [0.29, 0.717) is 26.0 Å². The van der Waals surface area contributed by atoms with Gasteiger partial charge in [-0.25, -0.2) is 10.2 Å². The molecule has 7 nitrogen and oxygen atoms in total. The zero-order chi connectivity index (χ0) is 22.3. The van der Waals surface area contributed by atoms with Crippen LogP contribution in [0.3, 0.4) is 0 Å². The number of hydrogen-bond acceptors (Lipinski definition) is 5. The van der Waals surface area contributed by atoms with Gasteiger partial charge in [-0.05, 0) is 57.5 Å². The molecule has 0 aliphatic rings. The van der Waals surface area contributed by atoms with Gasteiger partial charge in [0, 0.05) is 0 Å². The fourth-order valence-corrected chi connectivity index (χ4v) is 3.58. The van der Waals surface area contributed by atoms with Crippen LogP contribution in [0.5, 0.6) is 5.75 Å². The maximum Gasteiger partial charge on any atom is 0.341 e. The van der Waals surface area contributed by atoms with E-state index in [2.05, 4.69) is 10.5 Å². The molecule has 1 amide bonds. The average Bonchev–Trinajstić information content (AvgIpc) is 2.79. The predicted octanol–water partition coefficient (Wildman–Crippen LogP) is 3.14. The summed E-state index contributed by atoms with van der Waals surface area (Å²) in [7, 11) is 0. The first-order chi connectivity index (χ1) is 14.9. The first kappa shape index (κ1) is 22.4. The lowest BCUT2D eigenvalue weighted by Crippen LogP contribution is -2.43. The maximum absolute atomic E-state index is 13.0. The Balaban J connectivity index is 1.78. The molecule has 0 aromatic heterocycles. The highest BCUT2D eigenvalue weighted by Gasteiger charge is 2.39. The van der Waals surface area contributed by atoms with Crippen molar-refractivity contribution in [2.24, 2.45) is 5.10 Å². The van der Waals surface area contributed by atoms with Gasteiger partial charge in [0.1, 0.15) is 5.75 Å². The van der Waals surface area contributed by atoms with Crippen molar-refractivity contribution in [1.82, 2.24) is 5.43 Å². The number of benzene rings is 3. The molecule has 3 aromatic carbocycles. The van der Waals surface area contributed by atoms with Gasteiger partial charge in [-0.1, -0.05) is 60.7 Å². The molecule has 0 saturated heterocycles. The van der Waals surface area contributed by atoms with Crippen LogP contribution in [0.2, 0.25) is 0 Å². The molecule has 3 rings (SSSR count). The second-order valence-corrected chi connectivity index (χ2v) is 7.68. The summed E-state index contributed by atoms with van der Waals surface area (Å²) >= 11 is 2.02. The number of rotatable bonds is 8. The minimum atomic E-state index is -1.91. The van der Waals surface area contributed by atoms with E-state index < -0.39 is 24.1 Å². The van der Waals surface area contributed by atoms with E-state index in [4.69, 9.17) is 9.84 Å². The van der Waals surface area contributed by atoms with Crippen molar-refractivity contribution in [1.29, 1.82) is 0 Å². The van der Waals surface area contributed by atoms with Gasteiger partial charge in [-0.2, -0.15) is 5.10 Å². The molecule has 3 N–H and O–H groups in total. The maximum atomic E-state index is 13.0. The minimum Gasteiger partial charge on any atom is -0.481 e. The average molecular weight is 530 g/mol. The number of nitrogens with one attached hydrogen (secondary N) is 1. The number of ether oxygens (including phenoxy) is 1. The number of carboxylic acids is 1. The molecule has 3 aromatic rings. The van der Waals surface area contributed by atoms with E-state index in [9.17, 15) is 14.7 Å². The van der Waals surface area contributed by atoms with Gasteiger partial charge in [-0.15, -0.1) is 0 Å². The molecule has 0 spiro atoms. The molecule has 0 aliphatic heterocycles. The van der Waals surface area contributed by atoms with Gasteiger partial charge in [0.15, 0.2) is 12.2 Å². The highest BCUT2D eigenvalue weighted by Crippen LogP contribution is 2.29. The molecular formula is C23H19IN2O5. The molecule has 31 heavy (non-hydrogen) atoms. The molecular weight excluding hydrogens is 511 g/mol. The van der Waals surface area contributed by atoms with E-state index >= 15 is 0 Å². The number of carbonyl (C=O) groups excluding carboxylic acids is 1. The van der Waals surface area contributed by atoms with Crippen molar-refractivity contribution < 1.29 is 24.5 Å². The van der Waals surface area contributed by atoms with Gasteiger partial charge in [0.05, 0.1) is 9.78 Å². The molecule has 0 bridgehead atoms. The SMILES string of the molecule is O=C(O)COc1ccc(/C=N/NC(=O)C(O)(c2ccccc2)c2ccccc2)cc1I. The van der Waals surface area contributed by atoms with Gasteiger partial charge >= 0.3 is 5.97 Å². The Hall–Kier alpha value is -3.24. The molecule has 158 valence electrons. The Kier molecular flexibility index (Phi) is 7.37. The predicted molar refractivity (Wildman–Crippen MR) is 124 cm³/mol. The van der Waals surface area contributed by atoms with Crippen molar-refractivity contribution >= 4 is 40.7 Å². The van der Waals surface area contributed by atoms with Crippen LogP contribution in [0, 0.1) is 3.57 Å². The first-order valence-corrected chi connectivity index (χ1v) is 10.3. The van der Waals surface area contributed by atoms with Crippen LogP contribution in [0.25, 0.3) is 0 Å². The summed E-state index contributed by atoms with van der Waals surface area (Å²) in [6.07, 6.45) is 1.43. The molecule has 8 heteroatoms. The third-order valence-electron chi connectivity index (χ3n) is 4.40. The topological polar surface area (TPSA) is 108 Å². The normalized spacial score (nSPS) is 11.3. The Morgan fingerprint density at radius 1 is 1.00 bits per heavy atom. The lowest BCUT2D eigenvalue weighted by atomic mass is 9.85. The van der Waals surface area contributed by atoms with Crippen LogP contribution >= 0.6 is 22.6 Å². The van der Waals surface area contributed by atoms with Gasteiger partial charge in [0.25, 0.3) is 5.91 Å². The van der Waals surface area contributed by atoms with Crippen molar-refractivity contribution in [3.05, 3.63) is 99.1 Å². The Labute approximate surface area is 192 Å². The molecule has 0 saturated carbocycles. The third kappa shape index (κ3) is 5.47. The quantitative estimate of drug-likeness (QED) is 0.236. The van der Waals surface area contributed by atoms with E-state index in [1.165, 1.54) is 6.21 Å². The number of amides is 1. The van der Waals surface area contributed by atoms with Crippen LogP contribution < -0.4 is 10.2 Å². The van der Waals surface area contributed by atoms with E-state index in [-0.39, 0.29) is 0 Å². The number of carbonyl (C=O) groups is 2. The second-order valence-electron chi connectivity index (χ2n) is 6.51. The first-order valence-electron chi connectivity index (χ1n) is 9.22. The Bertz CT molecular complexity index is 1050. The number of aliphatic hydroxyl groups is 1. The number of aliphatic carboxylic acids is 1. The van der Waals surface area contributed by atoms with E-state index in [0.717, 1.165) is 0 Å². The molecule has 0 radical (unpaired) electrons. The highest BCUT2D eigenvalue weighted by atomic mass is 127. The standard InChI is InChI=1S/C23H19IN2O5/c24-19-13-16(11-12-20(19)31-15-21(27)28)14-25-26-22(29)23(30,17-7-3-1-4-8-17)18-9-5-2-6-10-18/h1-14,30H,15H2,(H,26,29)(H,27,28)/b25-14+. The fraction of sp³-hybridized carbons (Fsp3) is 0.0870. The monoisotopic (exact) mass is 530 g/mol. The molecule has 0 atom stereocenters. The van der Waals surface area contributed by atoms with Gasteiger partial charge < -0.3 is 14.9 Å². The summed E-state index contributed by atoms with van der Waals surface area (Å²) in [5, 5.41) is 24.0. The zero-order valence-electron chi connectivity index (χ0n) is 16.2. The van der Waals surface area contributed by atoms with Crippen LogP contribution in [-0.4, -0.2) is 34.9 Å². The molecule has 0 heterocycles. The summed E-state index contributed by atoms with van der Waals surface area (Å²) in [5.74, 6) is -1.32. The lowest BCUT2D eigenvalue weighted by Gasteiger charge is -2.27. The smallest absolute Gasteiger partial charge is 0.341 e. The summed E-state index contributed by atoms with van der Waals surface area (Å²) in [4.78, 5) is 23.6. The molecule has 0 fully saturated rings. The van der Waals surface area contributed by atoms with Crippen LogP contribution in [0.1, 0.15) is 16.7 Å². The molecule has 0 aliphatic carbocycles. The second kappa shape index (κ2) is 10.2. The third-order valence-corrected chi connectivity index (χ3v) is 5.24. The highest BCUT2D eigenvalue weighted by molar-refractivity contribution is 14.1. The van der Waals surface area contributed by atoms with Crippen LogP contribution in [0.4, 0.5) is 0 Å². The summed E-state index contributed by atoms with van der Waals surface area (Å²) in [5.41, 5.74) is 2.00. The summed E-state index contributed by atoms with van der Waals surface area (Å²) < 4.78 is 5.88. The number of hydrogen-bond donors (Lipinski definition) is 3. The largest absolute Gasteiger partial charge is 0.481 e. The van der Waals surface area contributed by atoms with Crippen molar-refractivity contribution in [3.63, 3.8) is 0 Å². The van der Waals surface area contributed by atoms with Crippen LogP contribution in [0.15, 0.2) is 84.0 Å². The number of carboxylic acid groups (broad SMARTS) is 1. The van der Waals surface area contributed by atoms with Gasteiger partial charge in [-0.3, -0.25) is 4.79 Å². The minimum absolute atomic E-state index is 0.420. The van der Waals surface area contributed by atoms with E-state index in [1.807, 2.05) is 22.6 Å². The Morgan fingerprint density at radius 3 is 2.10 bits per heavy atom. The fourth-order valence-electron chi connectivity index (χ4n) is 2.89. The zero-order valence-corrected chi connectivity index (χ0v) is 18.4. The Morgan fingerprint density at radius 2 is 1.58 bits per heavy atom. The van der Waals surface area contributed by atoms with E-state index in [1.54, 1.807) is 78.9 Å². The van der Waals surface area contributed by atoms with Crippen LogP contribution in [-0.2, 0) is 15.2 Å². The van der Waals surface area contributed by atoms with Crippen molar-refractivity contribution in [2.75, 3.05) is 6.61 Å². The number of nitrogens with zero attached hydrogens (tertiary/aromatic N) is 1. The number of halogens is 1.